The maximum Gasteiger partial charge on any atom is 0.323 e. The van der Waals surface area contributed by atoms with Gasteiger partial charge in [0, 0.05) is 17.6 Å². The van der Waals surface area contributed by atoms with Gasteiger partial charge < -0.3 is 14.9 Å². The number of halogens is 1. The van der Waals surface area contributed by atoms with Gasteiger partial charge in [0.05, 0.1) is 16.7 Å². The Morgan fingerprint density at radius 1 is 1.12 bits per heavy atom. The normalized spacial score (nSPS) is 16.2. The molecule has 5 heteroatoms. The van der Waals surface area contributed by atoms with Gasteiger partial charge in [-0.3, -0.25) is 0 Å². The predicted molar refractivity (Wildman–Crippen MR) is 68.1 cm³/mol. The number of rotatable bonds is 1. The molecule has 1 aliphatic heterocycles. The van der Waals surface area contributed by atoms with Crippen LogP contribution >= 0.6 is 15.9 Å². The van der Waals surface area contributed by atoms with Crippen LogP contribution < -0.4 is 10.6 Å². The standard InChI is InChI=1S/C11H12BrN3O/c12-7-5-8-9(14-11(16)13-8)6-10(7)15-3-1-2-4-15/h5-6H,1-4H2,(H2,13,14,16). The minimum Gasteiger partial charge on any atom is -0.371 e. The molecule has 0 bridgehead atoms. The molecule has 0 unspecified atom stereocenters. The van der Waals surface area contributed by atoms with Crippen molar-refractivity contribution >= 4 is 32.7 Å². The molecule has 84 valence electrons. The second-order valence-corrected chi connectivity index (χ2v) is 4.98. The maximum absolute atomic E-state index is 11.2. The van der Waals surface area contributed by atoms with Crippen LogP contribution in [-0.2, 0) is 0 Å². The Bertz CT molecular complexity index is 580. The van der Waals surface area contributed by atoms with Crippen LogP contribution in [0.25, 0.3) is 11.0 Å². The largest absolute Gasteiger partial charge is 0.371 e. The monoisotopic (exact) mass is 281 g/mol. The molecule has 0 saturated carbocycles. The summed E-state index contributed by atoms with van der Waals surface area (Å²) in [5.74, 6) is 0. The molecular weight excluding hydrogens is 270 g/mol. The van der Waals surface area contributed by atoms with E-state index in [-0.39, 0.29) is 5.69 Å². The second kappa shape index (κ2) is 3.66. The zero-order valence-electron chi connectivity index (χ0n) is 8.72. The summed E-state index contributed by atoms with van der Waals surface area (Å²) in [6, 6.07) is 3.99. The van der Waals surface area contributed by atoms with Gasteiger partial charge in [0.2, 0.25) is 0 Å². The molecule has 1 aliphatic rings. The first-order chi connectivity index (χ1) is 7.74. The zero-order valence-corrected chi connectivity index (χ0v) is 10.3. The quantitative estimate of drug-likeness (QED) is 0.842. The van der Waals surface area contributed by atoms with E-state index in [0.29, 0.717) is 0 Å². The van der Waals surface area contributed by atoms with Crippen molar-refractivity contribution in [2.24, 2.45) is 0 Å². The first kappa shape index (κ1) is 9.96. The molecule has 1 fully saturated rings. The smallest absolute Gasteiger partial charge is 0.323 e. The molecular formula is C11H12BrN3O. The summed E-state index contributed by atoms with van der Waals surface area (Å²) in [5, 5.41) is 0. The van der Waals surface area contributed by atoms with Crippen LogP contribution in [0.3, 0.4) is 0 Å². The van der Waals surface area contributed by atoms with Crippen LogP contribution in [0, 0.1) is 0 Å². The fraction of sp³-hybridized carbons (Fsp3) is 0.364. The van der Waals surface area contributed by atoms with Crippen molar-refractivity contribution in [2.75, 3.05) is 18.0 Å². The molecule has 1 aromatic carbocycles. The lowest BCUT2D eigenvalue weighted by molar-refractivity contribution is 0.949. The SMILES string of the molecule is O=c1[nH]c2cc(Br)c(N3CCCC3)cc2[nH]1. The third-order valence-corrected chi connectivity index (χ3v) is 3.67. The molecule has 1 aromatic heterocycles. The number of hydrogen-bond donors (Lipinski definition) is 2. The number of H-pyrrole nitrogens is 2. The van der Waals surface area contributed by atoms with E-state index < -0.39 is 0 Å². The van der Waals surface area contributed by atoms with Crippen molar-refractivity contribution in [1.82, 2.24) is 9.97 Å². The Kier molecular flexibility index (Phi) is 2.28. The van der Waals surface area contributed by atoms with Crippen molar-refractivity contribution in [3.05, 3.63) is 27.1 Å². The van der Waals surface area contributed by atoms with Gasteiger partial charge in [-0.05, 0) is 40.9 Å². The Balaban J connectivity index is 2.16. The van der Waals surface area contributed by atoms with Crippen LogP contribution in [0.4, 0.5) is 5.69 Å². The topological polar surface area (TPSA) is 51.9 Å². The van der Waals surface area contributed by atoms with Crippen molar-refractivity contribution in [2.45, 2.75) is 12.8 Å². The van der Waals surface area contributed by atoms with Crippen molar-refractivity contribution in [3.63, 3.8) is 0 Å². The molecule has 0 spiro atoms. The van der Waals surface area contributed by atoms with Crippen LogP contribution in [-0.4, -0.2) is 23.1 Å². The fourth-order valence-electron chi connectivity index (χ4n) is 2.24. The van der Waals surface area contributed by atoms with Crippen LogP contribution in [0.2, 0.25) is 0 Å². The number of hydrogen-bond acceptors (Lipinski definition) is 2. The lowest BCUT2D eigenvalue weighted by Gasteiger charge is -2.19. The molecule has 0 aliphatic carbocycles. The summed E-state index contributed by atoms with van der Waals surface area (Å²) in [6.07, 6.45) is 2.49. The summed E-state index contributed by atoms with van der Waals surface area (Å²) in [5.41, 5.74) is 2.73. The summed E-state index contributed by atoms with van der Waals surface area (Å²) in [6.45, 7) is 2.19. The van der Waals surface area contributed by atoms with Crippen molar-refractivity contribution in [1.29, 1.82) is 0 Å². The summed E-state index contributed by atoms with van der Waals surface area (Å²) in [4.78, 5) is 19.1. The number of nitrogens with zero attached hydrogens (tertiary/aromatic N) is 1. The Morgan fingerprint density at radius 3 is 2.44 bits per heavy atom. The van der Waals surface area contributed by atoms with Gasteiger partial charge in [-0.1, -0.05) is 0 Å². The van der Waals surface area contributed by atoms with E-state index in [1.165, 1.54) is 18.5 Å². The lowest BCUT2D eigenvalue weighted by atomic mass is 10.2. The molecule has 16 heavy (non-hydrogen) atoms. The van der Waals surface area contributed by atoms with Crippen molar-refractivity contribution in [3.8, 4) is 0 Å². The molecule has 2 N–H and O–H groups in total. The minimum atomic E-state index is -0.152. The first-order valence-electron chi connectivity index (χ1n) is 5.40. The van der Waals surface area contributed by atoms with Gasteiger partial charge in [0.25, 0.3) is 0 Å². The Labute approximate surface area is 101 Å². The van der Waals surface area contributed by atoms with Crippen LogP contribution in [0.15, 0.2) is 21.4 Å². The summed E-state index contributed by atoms with van der Waals surface area (Å²) < 4.78 is 1.04. The number of aromatic nitrogens is 2. The van der Waals surface area contributed by atoms with Gasteiger partial charge >= 0.3 is 5.69 Å². The van der Waals surface area contributed by atoms with E-state index in [1.807, 2.05) is 12.1 Å². The molecule has 0 radical (unpaired) electrons. The number of fused-ring (bicyclic) bond motifs is 1. The highest BCUT2D eigenvalue weighted by Gasteiger charge is 2.16. The molecule has 0 amide bonds. The zero-order chi connectivity index (χ0) is 11.1. The summed E-state index contributed by atoms with van der Waals surface area (Å²) in [7, 11) is 0. The minimum absolute atomic E-state index is 0.152. The Morgan fingerprint density at radius 2 is 1.75 bits per heavy atom. The van der Waals surface area contributed by atoms with E-state index >= 15 is 0 Å². The van der Waals surface area contributed by atoms with E-state index in [4.69, 9.17) is 0 Å². The summed E-state index contributed by atoms with van der Waals surface area (Å²) >= 11 is 3.56. The van der Waals surface area contributed by atoms with E-state index in [9.17, 15) is 4.79 Å². The van der Waals surface area contributed by atoms with Gasteiger partial charge in [0.15, 0.2) is 0 Å². The van der Waals surface area contributed by atoms with Gasteiger partial charge in [-0.2, -0.15) is 0 Å². The molecule has 2 aromatic rings. The molecule has 3 rings (SSSR count). The number of aromatic amines is 2. The van der Waals surface area contributed by atoms with Gasteiger partial charge in [-0.15, -0.1) is 0 Å². The molecule has 4 nitrogen and oxygen atoms in total. The van der Waals surface area contributed by atoms with Crippen LogP contribution in [0.1, 0.15) is 12.8 Å². The van der Waals surface area contributed by atoms with E-state index in [0.717, 1.165) is 28.6 Å². The van der Waals surface area contributed by atoms with Crippen LogP contribution in [0.5, 0.6) is 0 Å². The highest BCUT2D eigenvalue weighted by atomic mass is 79.9. The third-order valence-electron chi connectivity index (χ3n) is 3.03. The highest BCUT2D eigenvalue weighted by Crippen LogP contribution is 2.31. The Hall–Kier alpha value is -1.23. The molecule has 1 saturated heterocycles. The van der Waals surface area contributed by atoms with E-state index in [2.05, 4.69) is 30.8 Å². The van der Waals surface area contributed by atoms with Gasteiger partial charge in [-0.25, -0.2) is 4.79 Å². The predicted octanol–water partition coefficient (Wildman–Crippen LogP) is 2.22. The van der Waals surface area contributed by atoms with Gasteiger partial charge in [0.1, 0.15) is 0 Å². The average molecular weight is 282 g/mol. The lowest BCUT2D eigenvalue weighted by Crippen LogP contribution is -2.17. The third kappa shape index (κ3) is 1.55. The second-order valence-electron chi connectivity index (χ2n) is 4.12. The number of imidazole rings is 1. The number of anilines is 1. The number of benzene rings is 1. The first-order valence-corrected chi connectivity index (χ1v) is 6.20. The van der Waals surface area contributed by atoms with E-state index in [1.54, 1.807) is 0 Å². The number of nitrogens with one attached hydrogen (secondary N) is 2. The maximum atomic E-state index is 11.2. The average Bonchev–Trinajstić information content (AvgIpc) is 2.83. The van der Waals surface area contributed by atoms with Crippen molar-refractivity contribution < 1.29 is 0 Å². The molecule has 2 heterocycles. The molecule has 0 atom stereocenters. The highest BCUT2D eigenvalue weighted by molar-refractivity contribution is 9.10. The fourth-order valence-corrected chi connectivity index (χ4v) is 2.84.